The van der Waals surface area contributed by atoms with E-state index in [9.17, 15) is 15.0 Å². The summed E-state index contributed by atoms with van der Waals surface area (Å²) < 4.78 is 10.7. The summed E-state index contributed by atoms with van der Waals surface area (Å²) in [5.74, 6) is -0.522. The maximum absolute atomic E-state index is 11.5. The van der Waals surface area contributed by atoms with Crippen molar-refractivity contribution in [2.75, 3.05) is 7.11 Å². The van der Waals surface area contributed by atoms with E-state index in [2.05, 4.69) is 39.7 Å². The number of hydrogen-bond donors (Lipinski definition) is 2. The first-order valence-electron chi connectivity index (χ1n) is 12.3. The van der Waals surface area contributed by atoms with Crippen molar-refractivity contribution in [1.29, 1.82) is 0 Å². The molecule has 7 atom stereocenters. The van der Waals surface area contributed by atoms with E-state index < -0.39 is 16.6 Å². The lowest BCUT2D eigenvalue weighted by molar-refractivity contribution is -0.206. The first kappa shape index (κ1) is 25.2. The van der Waals surface area contributed by atoms with Crippen LogP contribution in [0.15, 0.2) is 12.2 Å². The van der Waals surface area contributed by atoms with E-state index in [4.69, 9.17) is 4.74 Å². The summed E-state index contributed by atoms with van der Waals surface area (Å²) in [4.78, 5) is 10.8. The molecule has 0 bridgehead atoms. The second kappa shape index (κ2) is 11.6. The predicted molar refractivity (Wildman–Crippen MR) is 125 cm³/mol. The van der Waals surface area contributed by atoms with Gasteiger partial charge in [-0.3, -0.25) is 0 Å². The minimum atomic E-state index is -2.51. The van der Waals surface area contributed by atoms with Gasteiger partial charge >= 0.3 is 5.97 Å². The van der Waals surface area contributed by atoms with Crippen molar-refractivity contribution in [3.8, 4) is 0 Å². The van der Waals surface area contributed by atoms with Gasteiger partial charge in [-0.05, 0) is 75.0 Å². The number of methoxy groups -OCH3 is 1. The van der Waals surface area contributed by atoms with Crippen molar-refractivity contribution in [2.24, 2.45) is 23.7 Å². The van der Waals surface area contributed by atoms with Crippen LogP contribution < -0.4 is 0 Å². The molecule has 0 radical (unpaired) electrons. The number of hydrogen-bond acceptors (Lipinski definition) is 5. The highest BCUT2D eigenvalue weighted by Crippen LogP contribution is 2.45. The Morgan fingerprint density at radius 2 is 1.97 bits per heavy atom. The molecule has 2 aliphatic carbocycles. The molecule has 3 rings (SSSR count). The van der Waals surface area contributed by atoms with Gasteiger partial charge in [-0.25, -0.2) is 4.79 Å². The van der Waals surface area contributed by atoms with Gasteiger partial charge in [0.2, 0.25) is 0 Å². The molecule has 0 spiro atoms. The van der Waals surface area contributed by atoms with Crippen LogP contribution in [0.25, 0.3) is 0 Å². The topological polar surface area (TPSA) is 76.0 Å². The number of rotatable bonds is 11. The van der Waals surface area contributed by atoms with E-state index in [0.717, 1.165) is 31.8 Å². The summed E-state index contributed by atoms with van der Waals surface area (Å²) in [6.07, 6.45) is 19.4. The Labute approximate surface area is 196 Å². The average molecular weight is 502 g/mol. The highest BCUT2D eigenvalue weighted by molar-refractivity contribution is 9.09. The number of esters is 1. The van der Waals surface area contributed by atoms with Gasteiger partial charge in [0, 0.05) is 0 Å². The van der Waals surface area contributed by atoms with Crippen molar-refractivity contribution < 1.29 is 24.5 Å². The van der Waals surface area contributed by atoms with Crippen LogP contribution in [0.2, 0.25) is 0 Å². The number of carbonyl (C=O) groups is 1. The van der Waals surface area contributed by atoms with E-state index in [1.165, 1.54) is 51.4 Å². The van der Waals surface area contributed by atoms with Gasteiger partial charge in [-0.2, -0.15) is 0 Å². The van der Waals surface area contributed by atoms with Gasteiger partial charge in [0.05, 0.1) is 24.1 Å². The quantitative estimate of drug-likeness (QED) is 0.178. The van der Waals surface area contributed by atoms with Crippen LogP contribution in [0.3, 0.4) is 0 Å². The summed E-state index contributed by atoms with van der Waals surface area (Å²) in [6, 6.07) is 0. The molecular weight excluding hydrogens is 460 g/mol. The van der Waals surface area contributed by atoms with Crippen LogP contribution in [0.5, 0.6) is 0 Å². The standard InChI is InChI=1S/C25H41BrO5/c1-3-4-6-17-9-10-18(15-17)7-5-8-19-11-13-22-21(19)16-20(31-22)12-14-23(26)25(28,29)24(27)30-2/h5,8,17-23,28-29H,3-4,6-7,9-16H2,1-2H3/b8-5+/t17-,18-,19-,20?,21+,22-,23?/m0/s1. The second-order valence-electron chi connectivity index (χ2n) is 10.1. The van der Waals surface area contributed by atoms with Gasteiger partial charge < -0.3 is 19.7 Å². The zero-order valence-electron chi connectivity index (χ0n) is 19.2. The van der Waals surface area contributed by atoms with Crippen LogP contribution in [0, 0.1) is 23.7 Å². The minimum absolute atomic E-state index is 0.119. The fraction of sp³-hybridized carbons (Fsp3) is 0.880. The Bertz CT molecular complexity index is 607. The molecule has 6 heteroatoms. The summed E-state index contributed by atoms with van der Waals surface area (Å²) >= 11 is 3.24. The van der Waals surface area contributed by atoms with Crippen LogP contribution in [0.4, 0.5) is 0 Å². The third kappa shape index (κ3) is 6.55. The summed E-state index contributed by atoms with van der Waals surface area (Å²) in [5.41, 5.74) is 0. The predicted octanol–water partition coefficient (Wildman–Crippen LogP) is 5.12. The lowest BCUT2D eigenvalue weighted by Gasteiger charge is -2.25. The second-order valence-corrected chi connectivity index (χ2v) is 11.2. The van der Waals surface area contributed by atoms with Gasteiger partial charge in [0.25, 0.3) is 5.79 Å². The van der Waals surface area contributed by atoms with E-state index >= 15 is 0 Å². The van der Waals surface area contributed by atoms with Crippen LogP contribution in [-0.4, -0.2) is 46.1 Å². The lowest BCUT2D eigenvalue weighted by Crippen LogP contribution is -2.47. The number of halogens is 1. The van der Waals surface area contributed by atoms with Crippen molar-refractivity contribution in [3.63, 3.8) is 0 Å². The van der Waals surface area contributed by atoms with Gasteiger partial charge in [-0.15, -0.1) is 0 Å². The van der Waals surface area contributed by atoms with E-state index in [0.29, 0.717) is 30.8 Å². The molecule has 31 heavy (non-hydrogen) atoms. The number of carbonyl (C=O) groups excluding carboxylic acids is 1. The smallest absolute Gasteiger partial charge is 0.367 e. The van der Waals surface area contributed by atoms with Gasteiger partial charge in [0.1, 0.15) is 0 Å². The van der Waals surface area contributed by atoms with Crippen LogP contribution >= 0.6 is 15.9 Å². The summed E-state index contributed by atoms with van der Waals surface area (Å²) in [7, 11) is 1.15. The van der Waals surface area contributed by atoms with Gasteiger partial charge in [0.15, 0.2) is 0 Å². The van der Waals surface area contributed by atoms with Gasteiger partial charge in [-0.1, -0.05) is 60.7 Å². The SMILES string of the molecule is CCCC[C@H]1CC[C@H](C/C=C/[C@H]2CC[C@@H]3OC(CCC(Br)C(O)(O)C(=O)OC)C[C@@H]32)C1. The minimum Gasteiger partial charge on any atom is -0.465 e. The Hall–Kier alpha value is -0.430. The zero-order chi connectivity index (χ0) is 22.4. The Morgan fingerprint density at radius 3 is 2.71 bits per heavy atom. The number of alkyl halides is 1. The largest absolute Gasteiger partial charge is 0.465 e. The highest BCUT2D eigenvalue weighted by Gasteiger charge is 2.45. The first-order chi connectivity index (χ1) is 14.8. The van der Waals surface area contributed by atoms with Crippen LogP contribution in [0.1, 0.15) is 84.0 Å². The van der Waals surface area contributed by atoms with E-state index in [1.54, 1.807) is 0 Å². The zero-order valence-corrected chi connectivity index (χ0v) is 20.8. The number of unbranched alkanes of at least 4 members (excludes halogenated alkanes) is 1. The summed E-state index contributed by atoms with van der Waals surface area (Å²) in [6.45, 7) is 2.29. The molecule has 0 aromatic rings. The molecule has 1 saturated heterocycles. The fourth-order valence-corrected chi connectivity index (χ4v) is 6.44. The third-order valence-electron chi connectivity index (χ3n) is 7.85. The molecule has 3 fully saturated rings. The van der Waals surface area contributed by atoms with E-state index in [-0.39, 0.29) is 6.10 Å². The molecule has 2 unspecified atom stereocenters. The Balaban J connectivity index is 1.40. The monoisotopic (exact) mass is 500 g/mol. The lowest BCUT2D eigenvalue weighted by atomic mass is 9.89. The van der Waals surface area contributed by atoms with Crippen molar-refractivity contribution in [3.05, 3.63) is 12.2 Å². The molecule has 1 aliphatic heterocycles. The molecule has 3 aliphatic rings. The maximum atomic E-state index is 11.5. The number of ether oxygens (including phenoxy) is 2. The van der Waals surface area contributed by atoms with Crippen molar-refractivity contribution >= 4 is 21.9 Å². The van der Waals surface area contributed by atoms with E-state index in [1.807, 2.05) is 0 Å². The molecule has 5 nitrogen and oxygen atoms in total. The number of allylic oxidation sites excluding steroid dienone is 2. The molecular formula is C25H41BrO5. The number of aliphatic hydroxyl groups is 2. The molecule has 178 valence electrons. The first-order valence-corrected chi connectivity index (χ1v) is 13.3. The van der Waals surface area contributed by atoms with Crippen molar-refractivity contribution in [1.82, 2.24) is 0 Å². The third-order valence-corrected chi connectivity index (χ3v) is 8.94. The highest BCUT2D eigenvalue weighted by atomic mass is 79.9. The molecule has 0 amide bonds. The van der Waals surface area contributed by atoms with Crippen LogP contribution in [-0.2, 0) is 14.3 Å². The molecule has 2 saturated carbocycles. The van der Waals surface area contributed by atoms with Crippen molar-refractivity contribution in [2.45, 2.75) is 107 Å². The normalized spacial score (nSPS) is 34.4. The number of fused-ring (bicyclic) bond motifs is 1. The fourth-order valence-electron chi connectivity index (χ4n) is 5.99. The average Bonchev–Trinajstić information content (AvgIpc) is 3.46. The Morgan fingerprint density at radius 1 is 1.19 bits per heavy atom. The maximum Gasteiger partial charge on any atom is 0.367 e. The molecule has 0 aromatic carbocycles. The molecule has 2 N–H and O–H groups in total. The summed E-state index contributed by atoms with van der Waals surface area (Å²) in [5, 5.41) is 19.9. The Kier molecular flexibility index (Phi) is 9.45. The molecule has 0 aromatic heterocycles. The molecule has 1 heterocycles.